The SMILES string of the molecule is CCc1cc2c(ccc3cnn(CC#N)c32)o1. The number of benzene rings is 1. The molecule has 0 aliphatic heterocycles. The van der Waals surface area contributed by atoms with E-state index in [0.29, 0.717) is 0 Å². The van der Waals surface area contributed by atoms with E-state index in [1.807, 2.05) is 18.2 Å². The van der Waals surface area contributed by atoms with Gasteiger partial charge in [-0.25, -0.2) is 4.68 Å². The third-order valence-corrected chi connectivity index (χ3v) is 2.92. The van der Waals surface area contributed by atoms with Gasteiger partial charge in [-0.2, -0.15) is 10.4 Å². The average molecular weight is 225 g/mol. The van der Waals surface area contributed by atoms with E-state index in [9.17, 15) is 0 Å². The van der Waals surface area contributed by atoms with Crippen LogP contribution in [-0.2, 0) is 13.0 Å². The maximum atomic E-state index is 8.79. The van der Waals surface area contributed by atoms with E-state index in [0.717, 1.165) is 34.1 Å². The molecule has 17 heavy (non-hydrogen) atoms. The second-order valence-corrected chi connectivity index (χ2v) is 3.94. The van der Waals surface area contributed by atoms with Gasteiger partial charge in [-0.1, -0.05) is 6.92 Å². The van der Waals surface area contributed by atoms with Crippen LogP contribution in [0.15, 0.2) is 28.8 Å². The molecule has 0 aliphatic carbocycles. The van der Waals surface area contributed by atoms with Crippen LogP contribution in [0.4, 0.5) is 0 Å². The van der Waals surface area contributed by atoms with Crippen LogP contribution in [0.3, 0.4) is 0 Å². The number of nitriles is 1. The first-order valence-corrected chi connectivity index (χ1v) is 5.57. The molecule has 0 atom stereocenters. The van der Waals surface area contributed by atoms with E-state index in [1.165, 1.54) is 0 Å². The molecule has 1 aromatic carbocycles. The Hall–Kier alpha value is -2.28. The Morgan fingerprint density at radius 3 is 3.12 bits per heavy atom. The lowest BCUT2D eigenvalue weighted by atomic mass is 10.2. The third kappa shape index (κ3) is 1.40. The van der Waals surface area contributed by atoms with Crippen molar-refractivity contribution in [1.29, 1.82) is 5.26 Å². The van der Waals surface area contributed by atoms with E-state index in [4.69, 9.17) is 9.68 Å². The fraction of sp³-hybridized carbons (Fsp3) is 0.231. The molecule has 2 heterocycles. The van der Waals surface area contributed by atoms with Crippen LogP contribution in [0.1, 0.15) is 12.7 Å². The molecule has 0 radical (unpaired) electrons. The maximum absolute atomic E-state index is 8.79. The topological polar surface area (TPSA) is 54.8 Å². The third-order valence-electron chi connectivity index (χ3n) is 2.92. The zero-order valence-electron chi connectivity index (χ0n) is 9.47. The Labute approximate surface area is 98.0 Å². The van der Waals surface area contributed by atoms with E-state index in [2.05, 4.69) is 18.1 Å². The summed E-state index contributed by atoms with van der Waals surface area (Å²) in [4.78, 5) is 0. The van der Waals surface area contributed by atoms with Crippen molar-refractivity contribution in [2.75, 3.05) is 0 Å². The molecule has 0 bridgehead atoms. The number of rotatable bonds is 2. The van der Waals surface area contributed by atoms with Crippen LogP contribution >= 0.6 is 0 Å². The summed E-state index contributed by atoms with van der Waals surface area (Å²) in [5.41, 5.74) is 1.83. The van der Waals surface area contributed by atoms with E-state index in [1.54, 1.807) is 10.9 Å². The van der Waals surface area contributed by atoms with Crippen molar-refractivity contribution >= 4 is 21.9 Å². The van der Waals surface area contributed by atoms with Gasteiger partial charge in [0.2, 0.25) is 0 Å². The molecule has 0 saturated heterocycles. The molecular weight excluding hydrogens is 214 g/mol. The molecule has 0 aliphatic rings. The second kappa shape index (κ2) is 3.63. The fourth-order valence-electron chi connectivity index (χ4n) is 2.11. The number of fused-ring (bicyclic) bond motifs is 3. The van der Waals surface area contributed by atoms with Crippen molar-refractivity contribution in [2.45, 2.75) is 19.9 Å². The van der Waals surface area contributed by atoms with Gasteiger partial charge in [0, 0.05) is 17.2 Å². The van der Waals surface area contributed by atoms with Gasteiger partial charge in [0.05, 0.1) is 17.8 Å². The minimum Gasteiger partial charge on any atom is -0.461 e. The molecule has 3 rings (SSSR count). The van der Waals surface area contributed by atoms with E-state index in [-0.39, 0.29) is 6.54 Å². The molecule has 3 aromatic rings. The molecule has 84 valence electrons. The number of aryl methyl sites for hydroxylation is 1. The summed E-state index contributed by atoms with van der Waals surface area (Å²) >= 11 is 0. The van der Waals surface area contributed by atoms with Crippen LogP contribution in [0.25, 0.3) is 21.9 Å². The summed E-state index contributed by atoms with van der Waals surface area (Å²) in [7, 11) is 0. The number of hydrogen-bond acceptors (Lipinski definition) is 3. The normalized spacial score (nSPS) is 11.1. The van der Waals surface area contributed by atoms with Crippen molar-refractivity contribution in [1.82, 2.24) is 9.78 Å². The van der Waals surface area contributed by atoms with Gasteiger partial charge in [-0.3, -0.25) is 0 Å². The standard InChI is InChI=1S/C13H11N3O/c1-2-10-7-11-12(17-10)4-3-9-8-15-16(6-5-14)13(9)11/h3-4,7-8H,2,6H2,1H3. The smallest absolute Gasteiger partial charge is 0.136 e. The lowest BCUT2D eigenvalue weighted by Crippen LogP contribution is -1.96. The highest BCUT2D eigenvalue weighted by molar-refractivity contribution is 6.03. The average Bonchev–Trinajstić information content (AvgIpc) is 2.92. The summed E-state index contributed by atoms with van der Waals surface area (Å²) in [6.07, 6.45) is 2.65. The van der Waals surface area contributed by atoms with Crippen LogP contribution < -0.4 is 0 Å². The molecule has 0 amide bonds. The molecular formula is C13H11N3O. The van der Waals surface area contributed by atoms with Crippen LogP contribution in [0, 0.1) is 11.3 Å². The predicted octanol–water partition coefficient (Wildman–Crippen LogP) is 2.87. The molecule has 0 spiro atoms. The largest absolute Gasteiger partial charge is 0.461 e. The lowest BCUT2D eigenvalue weighted by Gasteiger charge is -1.97. The van der Waals surface area contributed by atoms with Gasteiger partial charge in [-0.15, -0.1) is 0 Å². The first-order valence-electron chi connectivity index (χ1n) is 5.57. The van der Waals surface area contributed by atoms with Crippen molar-refractivity contribution < 1.29 is 4.42 Å². The summed E-state index contributed by atoms with van der Waals surface area (Å²) in [6, 6.07) is 8.08. The van der Waals surface area contributed by atoms with Gasteiger partial charge in [0.15, 0.2) is 0 Å². The first kappa shape index (κ1) is 9.91. The monoisotopic (exact) mass is 225 g/mol. The minimum atomic E-state index is 0.259. The van der Waals surface area contributed by atoms with Gasteiger partial charge >= 0.3 is 0 Å². The summed E-state index contributed by atoms with van der Waals surface area (Å²) < 4.78 is 7.42. The number of aromatic nitrogens is 2. The molecule has 4 heteroatoms. The van der Waals surface area contributed by atoms with Crippen LogP contribution in [0.5, 0.6) is 0 Å². The molecule has 0 unspecified atom stereocenters. The van der Waals surface area contributed by atoms with Crippen molar-refractivity contribution in [2.24, 2.45) is 0 Å². The highest BCUT2D eigenvalue weighted by Gasteiger charge is 2.10. The van der Waals surface area contributed by atoms with Gasteiger partial charge in [0.25, 0.3) is 0 Å². The van der Waals surface area contributed by atoms with E-state index < -0.39 is 0 Å². The minimum absolute atomic E-state index is 0.259. The fourth-order valence-corrected chi connectivity index (χ4v) is 2.11. The highest BCUT2D eigenvalue weighted by atomic mass is 16.3. The molecule has 0 N–H and O–H groups in total. The maximum Gasteiger partial charge on any atom is 0.136 e. The summed E-state index contributed by atoms with van der Waals surface area (Å²) in [5, 5.41) is 15.1. The Balaban J connectivity index is 2.39. The number of hydrogen-bond donors (Lipinski definition) is 0. The first-order chi connectivity index (χ1) is 8.33. The molecule has 2 aromatic heterocycles. The Morgan fingerprint density at radius 1 is 1.47 bits per heavy atom. The zero-order valence-corrected chi connectivity index (χ0v) is 9.47. The van der Waals surface area contributed by atoms with Crippen molar-refractivity contribution in [3.05, 3.63) is 30.2 Å². The lowest BCUT2D eigenvalue weighted by molar-refractivity contribution is 0.557. The van der Waals surface area contributed by atoms with Crippen LogP contribution in [-0.4, -0.2) is 9.78 Å². The number of nitrogens with zero attached hydrogens (tertiary/aromatic N) is 3. The molecule has 0 saturated carbocycles. The predicted molar refractivity (Wildman–Crippen MR) is 64.5 cm³/mol. The summed E-state index contributed by atoms with van der Waals surface area (Å²) in [5.74, 6) is 0.956. The van der Waals surface area contributed by atoms with Crippen molar-refractivity contribution in [3.8, 4) is 6.07 Å². The second-order valence-electron chi connectivity index (χ2n) is 3.94. The zero-order chi connectivity index (χ0) is 11.8. The van der Waals surface area contributed by atoms with Gasteiger partial charge in [-0.05, 0) is 18.2 Å². The Bertz CT molecular complexity index is 730. The Morgan fingerprint density at radius 2 is 2.35 bits per heavy atom. The summed E-state index contributed by atoms with van der Waals surface area (Å²) in [6.45, 7) is 2.32. The number of furan rings is 1. The molecule has 4 nitrogen and oxygen atoms in total. The molecule has 0 fully saturated rings. The highest BCUT2D eigenvalue weighted by Crippen LogP contribution is 2.28. The quantitative estimate of drug-likeness (QED) is 0.673. The van der Waals surface area contributed by atoms with Crippen molar-refractivity contribution in [3.63, 3.8) is 0 Å². The Kier molecular flexibility index (Phi) is 2.12. The van der Waals surface area contributed by atoms with Gasteiger partial charge < -0.3 is 4.42 Å². The van der Waals surface area contributed by atoms with E-state index >= 15 is 0 Å². The van der Waals surface area contributed by atoms with Gasteiger partial charge in [0.1, 0.15) is 17.9 Å². The van der Waals surface area contributed by atoms with Crippen LogP contribution in [0.2, 0.25) is 0 Å².